The first-order valence-corrected chi connectivity index (χ1v) is 5.30. The molecule has 0 aromatic heterocycles. The monoisotopic (exact) mass is 199 g/mol. The summed E-state index contributed by atoms with van der Waals surface area (Å²) in [6.45, 7) is 1.05. The third kappa shape index (κ3) is 1.29. The van der Waals surface area contributed by atoms with E-state index in [1.165, 1.54) is 5.39 Å². The van der Waals surface area contributed by atoms with Crippen molar-refractivity contribution in [3.63, 3.8) is 0 Å². The van der Waals surface area contributed by atoms with Crippen molar-refractivity contribution in [2.45, 2.75) is 12.5 Å². The molecule has 1 aliphatic heterocycles. The van der Waals surface area contributed by atoms with Crippen LogP contribution in [0.25, 0.3) is 10.8 Å². The van der Waals surface area contributed by atoms with Crippen molar-refractivity contribution in [3.05, 3.63) is 42.0 Å². The zero-order chi connectivity index (χ0) is 10.3. The summed E-state index contributed by atoms with van der Waals surface area (Å²) >= 11 is 0. The number of fused-ring (bicyclic) bond motifs is 1. The molecule has 0 bridgehead atoms. The SMILES string of the molecule is Oc1ccc2ccccc2c1[C@@H]1CCN1. The highest BCUT2D eigenvalue weighted by atomic mass is 16.3. The van der Waals surface area contributed by atoms with Crippen LogP contribution in [0.5, 0.6) is 5.75 Å². The molecule has 1 atom stereocenters. The van der Waals surface area contributed by atoms with E-state index in [4.69, 9.17) is 0 Å². The lowest BCUT2D eigenvalue weighted by molar-refractivity contribution is 0.367. The Hall–Kier alpha value is -1.54. The molecule has 1 saturated heterocycles. The van der Waals surface area contributed by atoms with Gasteiger partial charge in [-0.2, -0.15) is 0 Å². The molecule has 0 spiro atoms. The third-order valence-electron chi connectivity index (χ3n) is 3.12. The molecule has 3 rings (SSSR count). The topological polar surface area (TPSA) is 32.3 Å². The molecule has 0 unspecified atom stereocenters. The Morgan fingerprint density at radius 1 is 1.13 bits per heavy atom. The van der Waals surface area contributed by atoms with Gasteiger partial charge in [0.2, 0.25) is 0 Å². The first kappa shape index (κ1) is 8.74. The summed E-state index contributed by atoms with van der Waals surface area (Å²) in [6.07, 6.45) is 1.11. The van der Waals surface area contributed by atoms with Gasteiger partial charge in [0.25, 0.3) is 0 Å². The van der Waals surface area contributed by atoms with Crippen LogP contribution in [0.3, 0.4) is 0 Å². The minimum absolute atomic E-state index is 0.330. The van der Waals surface area contributed by atoms with Crippen LogP contribution in [0, 0.1) is 0 Å². The van der Waals surface area contributed by atoms with Crippen LogP contribution in [0.1, 0.15) is 18.0 Å². The number of hydrogen-bond donors (Lipinski definition) is 2. The molecule has 76 valence electrons. The maximum atomic E-state index is 9.90. The van der Waals surface area contributed by atoms with E-state index in [-0.39, 0.29) is 0 Å². The van der Waals surface area contributed by atoms with Crippen LogP contribution < -0.4 is 5.32 Å². The van der Waals surface area contributed by atoms with E-state index >= 15 is 0 Å². The Balaban J connectivity index is 2.27. The Kier molecular flexibility index (Phi) is 1.89. The van der Waals surface area contributed by atoms with Crippen LogP contribution >= 0.6 is 0 Å². The van der Waals surface area contributed by atoms with Gasteiger partial charge in [-0.05, 0) is 29.8 Å². The lowest BCUT2D eigenvalue weighted by Crippen LogP contribution is -2.35. The standard InChI is InChI=1S/C13H13NO/c15-12-6-5-9-3-1-2-4-10(9)13(12)11-7-8-14-11/h1-6,11,14-15H,7-8H2/t11-/m0/s1. The van der Waals surface area contributed by atoms with Gasteiger partial charge in [0.15, 0.2) is 0 Å². The molecule has 2 heteroatoms. The summed E-state index contributed by atoms with van der Waals surface area (Å²) < 4.78 is 0. The minimum Gasteiger partial charge on any atom is -0.508 e. The molecule has 0 aliphatic carbocycles. The first-order valence-electron chi connectivity index (χ1n) is 5.30. The van der Waals surface area contributed by atoms with Crippen molar-refractivity contribution in [3.8, 4) is 5.75 Å². The van der Waals surface area contributed by atoms with Gasteiger partial charge in [-0.1, -0.05) is 30.3 Å². The Morgan fingerprint density at radius 3 is 2.67 bits per heavy atom. The molecule has 2 N–H and O–H groups in total. The predicted molar refractivity (Wildman–Crippen MR) is 61.0 cm³/mol. The van der Waals surface area contributed by atoms with Gasteiger partial charge in [0, 0.05) is 11.6 Å². The highest BCUT2D eigenvalue weighted by Gasteiger charge is 2.23. The summed E-state index contributed by atoms with van der Waals surface area (Å²) in [4.78, 5) is 0. The highest BCUT2D eigenvalue weighted by molar-refractivity contribution is 5.88. The van der Waals surface area contributed by atoms with Gasteiger partial charge in [0.1, 0.15) is 5.75 Å². The molecule has 1 aliphatic rings. The second-order valence-electron chi connectivity index (χ2n) is 4.01. The molecule has 2 aromatic rings. The molecule has 1 fully saturated rings. The Morgan fingerprint density at radius 2 is 1.93 bits per heavy atom. The summed E-state index contributed by atoms with van der Waals surface area (Å²) in [6, 6.07) is 12.3. The largest absolute Gasteiger partial charge is 0.508 e. The van der Waals surface area contributed by atoms with Gasteiger partial charge in [-0.25, -0.2) is 0 Å². The molecule has 0 radical (unpaired) electrons. The first-order chi connectivity index (χ1) is 7.36. The summed E-state index contributed by atoms with van der Waals surface area (Å²) in [5.41, 5.74) is 1.05. The maximum Gasteiger partial charge on any atom is 0.120 e. The molecular weight excluding hydrogens is 186 g/mol. The van der Waals surface area contributed by atoms with E-state index in [9.17, 15) is 5.11 Å². The number of nitrogens with one attached hydrogen (secondary N) is 1. The highest BCUT2D eigenvalue weighted by Crippen LogP contribution is 2.36. The second kappa shape index (κ2) is 3.24. The van der Waals surface area contributed by atoms with Crippen molar-refractivity contribution >= 4 is 10.8 Å². The zero-order valence-corrected chi connectivity index (χ0v) is 8.40. The summed E-state index contributed by atoms with van der Waals surface area (Å²) in [5.74, 6) is 0.408. The van der Waals surface area contributed by atoms with Crippen molar-refractivity contribution in [2.24, 2.45) is 0 Å². The maximum absolute atomic E-state index is 9.90. The van der Waals surface area contributed by atoms with E-state index in [0.29, 0.717) is 11.8 Å². The van der Waals surface area contributed by atoms with Gasteiger partial charge in [0.05, 0.1) is 0 Å². The number of rotatable bonds is 1. The smallest absolute Gasteiger partial charge is 0.120 e. The Labute approximate surface area is 88.5 Å². The molecule has 0 saturated carbocycles. The van der Waals surface area contributed by atoms with Crippen LogP contribution in [0.2, 0.25) is 0 Å². The number of phenols is 1. The van der Waals surface area contributed by atoms with Crippen LogP contribution in [0.4, 0.5) is 0 Å². The van der Waals surface area contributed by atoms with Crippen molar-refractivity contribution in [1.29, 1.82) is 0 Å². The molecular formula is C13H13NO. The second-order valence-corrected chi connectivity index (χ2v) is 4.01. The van der Waals surface area contributed by atoms with Crippen LogP contribution in [-0.2, 0) is 0 Å². The lowest BCUT2D eigenvalue weighted by atomic mass is 9.92. The quantitative estimate of drug-likeness (QED) is 0.739. The number of phenolic OH excluding ortho intramolecular Hbond substituents is 1. The summed E-state index contributed by atoms with van der Waals surface area (Å²) in [7, 11) is 0. The zero-order valence-electron chi connectivity index (χ0n) is 8.40. The normalized spacial score (nSPS) is 20.1. The molecule has 2 aromatic carbocycles. The van der Waals surface area contributed by atoms with E-state index in [0.717, 1.165) is 23.9 Å². The fourth-order valence-corrected chi connectivity index (χ4v) is 2.19. The summed E-state index contributed by atoms with van der Waals surface area (Å²) in [5, 5.41) is 15.6. The molecule has 15 heavy (non-hydrogen) atoms. The Bertz CT molecular complexity index is 503. The number of hydrogen-bond acceptors (Lipinski definition) is 2. The van der Waals surface area contributed by atoms with Crippen molar-refractivity contribution < 1.29 is 5.11 Å². The molecule has 1 heterocycles. The van der Waals surface area contributed by atoms with Gasteiger partial charge in [-0.15, -0.1) is 0 Å². The average molecular weight is 199 g/mol. The van der Waals surface area contributed by atoms with Gasteiger partial charge >= 0.3 is 0 Å². The third-order valence-corrected chi connectivity index (χ3v) is 3.12. The van der Waals surface area contributed by atoms with E-state index in [1.807, 2.05) is 18.2 Å². The predicted octanol–water partition coefficient (Wildman–Crippen LogP) is 2.58. The van der Waals surface area contributed by atoms with Gasteiger partial charge < -0.3 is 10.4 Å². The van der Waals surface area contributed by atoms with E-state index in [1.54, 1.807) is 6.07 Å². The van der Waals surface area contributed by atoms with Crippen molar-refractivity contribution in [1.82, 2.24) is 5.32 Å². The van der Waals surface area contributed by atoms with E-state index in [2.05, 4.69) is 17.4 Å². The molecule has 2 nitrogen and oxygen atoms in total. The average Bonchev–Trinajstić information content (AvgIpc) is 2.20. The fraction of sp³-hybridized carbons (Fsp3) is 0.231. The van der Waals surface area contributed by atoms with E-state index < -0.39 is 0 Å². The van der Waals surface area contributed by atoms with Crippen LogP contribution in [0.15, 0.2) is 36.4 Å². The lowest BCUT2D eigenvalue weighted by Gasteiger charge is -2.29. The fourth-order valence-electron chi connectivity index (χ4n) is 2.19. The van der Waals surface area contributed by atoms with Gasteiger partial charge in [-0.3, -0.25) is 0 Å². The van der Waals surface area contributed by atoms with Crippen LogP contribution in [-0.4, -0.2) is 11.7 Å². The van der Waals surface area contributed by atoms with Crippen molar-refractivity contribution in [2.75, 3.05) is 6.54 Å². The number of aromatic hydroxyl groups is 1. The number of benzene rings is 2. The molecule has 0 amide bonds. The minimum atomic E-state index is 0.330.